The van der Waals surface area contributed by atoms with Gasteiger partial charge in [-0.25, -0.2) is 5.43 Å². The minimum absolute atomic E-state index is 0.182. The van der Waals surface area contributed by atoms with Crippen LogP contribution in [0.25, 0.3) is 0 Å². The van der Waals surface area contributed by atoms with Crippen molar-refractivity contribution in [2.45, 2.75) is 20.3 Å². The van der Waals surface area contributed by atoms with Crippen LogP contribution in [0.3, 0.4) is 0 Å². The van der Waals surface area contributed by atoms with Crippen molar-refractivity contribution in [1.29, 1.82) is 0 Å². The summed E-state index contributed by atoms with van der Waals surface area (Å²) in [5.74, 6) is -0.450. The van der Waals surface area contributed by atoms with Crippen molar-refractivity contribution in [2.75, 3.05) is 13.2 Å². The molecule has 0 heterocycles. The normalized spacial score (nSPS) is 9.17. The number of carbonyl (C=O) groups excluding carboxylic acids is 2. The molecule has 0 aliphatic heterocycles. The van der Waals surface area contributed by atoms with Crippen molar-refractivity contribution in [1.82, 2.24) is 10.9 Å². The lowest BCUT2D eigenvalue weighted by Gasteiger charge is -2.03. The van der Waals surface area contributed by atoms with E-state index in [0.29, 0.717) is 13.2 Å². The second-order valence-electron chi connectivity index (χ2n) is 2.16. The van der Waals surface area contributed by atoms with Crippen LogP contribution in [0.1, 0.15) is 20.3 Å². The second-order valence-corrected chi connectivity index (χ2v) is 2.16. The first kappa shape index (κ1) is 10.9. The summed E-state index contributed by atoms with van der Waals surface area (Å²) in [5, 5.41) is 0. The van der Waals surface area contributed by atoms with Crippen LogP contribution in [0, 0.1) is 0 Å². The molecule has 0 spiro atoms. The van der Waals surface area contributed by atoms with Gasteiger partial charge in [0.1, 0.15) is 0 Å². The Bertz CT molecular complexity index is 159. The Morgan fingerprint density at radius 3 is 2.58 bits per heavy atom. The van der Waals surface area contributed by atoms with Crippen molar-refractivity contribution in [2.24, 2.45) is 0 Å². The molecule has 0 aromatic carbocycles. The van der Waals surface area contributed by atoms with E-state index in [2.05, 4.69) is 15.6 Å². The standard InChI is InChI=1S/C7H14N2O3/c1-3-12-7(11)4-5-8-9-6(2)10/h8H,3-5H2,1-2H3,(H,9,10). The van der Waals surface area contributed by atoms with E-state index in [1.807, 2.05) is 0 Å². The second kappa shape index (κ2) is 6.60. The molecule has 0 rings (SSSR count). The maximum atomic E-state index is 10.7. The van der Waals surface area contributed by atoms with Gasteiger partial charge in [0.25, 0.3) is 0 Å². The molecule has 0 aliphatic rings. The van der Waals surface area contributed by atoms with Gasteiger partial charge in [0, 0.05) is 13.5 Å². The summed E-state index contributed by atoms with van der Waals surface area (Å²) < 4.78 is 4.66. The fraction of sp³-hybridized carbons (Fsp3) is 0.714. The van der Waals surface area contributed by atoms with Crippen LogP contribution >= 0.6 is 0 Å². The Morgan fingerprint density at radius 1 is 1.42 bits per heavy atom. The van der Waals surface area contributed by atoms with Gasteiger partial charge in [-0.2, -0.15) is 0 Å². The highest BCUT2D eigenvalue weighted by Gasteiger charge is 1.99. The van der Waals surface area contributed by atoms with E-state index in [1.54, 1.807) is 6.92 Å². The molecular formula is C7H14N2O3. The molecule has 5 nitrogen and oxygen atoms in total. The van der Waals surface area contributed by atoms with E-state index < -0.39 is 0 Å². The Hall–Kier alpha value is -1.10. The Labute approximate surface area is 71.4 Å². The first-order valence-corrected chi connectivity index (χ1v) is 3.82. The maximum absolute atomic E-state index is 10.7. The summed E-state index contributed by atoms with van der Waals surface area (Å²) >= 11 is 0. The number of rotatable bonds is 5. The minimum atomic E-state index is -0.268. The zero-order valence-electron chi connectivity index (χ0n) is 7.35. The third kappa shape index (κ3) is 7.01. The molecule has 0 atom stereocenters. The number of esters is 1. The maximum Gasteiger partial charge on any atom is 0.307 e. The smallest absolute Gasteiger partial charge is 0.307 e. The predicted octanol–water partition coefficient (Wildman–Crippen LogP) is -0.420. The van der Waals surface area contributed by atoms with Crippen molar-refractivity contribution in [3.05, 3.63) is 0 Å². The highest BCUT2D eigenvalue weighted by Crippen LogP contribution is 1.82. The Balaban J connectivity index is 3.19. The number of carbonyl (C=O) groups is 2. The summed E-state index contributed by atoms with van der Waals surface area (Å²) in [6.07, 6.45) is 0.258. The molecule has 0 aliphatic carbocycles. The molecule has 1 amide bonds. The summed E-state index contributed by atoms with van der Waals surface area (Å²) in [4.78, 5) is 21.0. The Kier molecular flexibility index (Phi) is 6.00. The molecule has 0 aromatic heterocycles. The van der Waals surface area contributed by atoms with Crippen molar-refractivity contribution >= 4 is 11.9 Å². The molecule has 2 N–H and O–H groups in total. The molecule has 70 valence electrons. The summed E-state index contributed by atoms with van der Waals surface area (Å²) in [6.45, 7) is 3.91. The topological polar surface area (TPSA) is 67.4 Å². The average Bonchev–Trinajstić information content (AvgIpc) is 1.98. The minimum Gasteiger partial charge on any atom is -0.466 e. The summed E-state index contributed by atoms with van der Waals surface area (Å²) in [7, 11) is 0. The molecule has 5 heteroatoms. The molecule has 0 fully saturated rings. The third-order valence-electron chi connectivity index (χ3n) is 1.02. The van der Waals surface area contributed by atoms with E-state index in [1.165, 1.54) is 6.92 Å². The lowest BCUT2D eigenvalue weighted by molar-refractivity contribution is -0.143. The molecule has 0 aromatic rings. The predicted molar refractivity (Wildman–Crippen MR) is 43.1 cm³/mol. The van der Waals surface area contributed by atoms with Gasteiger partial charge in [-0.3, -0.25) is 15.0 Å². The average molecular weight is 174 g/mol. The lowest BCUT2D eigenvalue weighted by atomic mass is 10.4. The highest BCUT2D eigenvalue weighted by molar-refractivity contribution is 5.72. The van der Waals surface area contributed by atoms with Crippen LogP contribution in [-0.2, 0) is 14.3 Å². The number of hydrogen-bond acceptors (Lipinski definition) is 4. The van der Waals surface area contributed by atoms with Crippen molar-refractivity contribution < 1.29 is 14.3 Å². The molecule has 12 heavy (non-hydrogen) atoms. The summed E-state index contributed by atoms with van der Waals surface area (Å²) in [5.41, 5.74) is 4.92. The van der Waals surface area contributed by atoms with Crippen LogP contribution < -0.4 is 10.9 Å². The molecule has 0 saturated carbocycles. The van der Waals surface area contributed by atoms with Crippen molar-refractivity contribution in [3.8, 4) is 0 Å². The fourth-order valence-corrected chi connectivity index (χ4v) is 0.585. The van der Waals surface area contributed by atoms with Crippen LogP contribution in [0.4, 0.5) is 0 Å². The van der Waals surface area contributed by atoms with Gasteiger partial charge < -0.3 is 4.74 Å². The highest BCUT2D eigenvalue weighted by atomic mass is 16.5. The van der Waals surface area contributed by atoms with Crippen LogP contribution in [0.2, 0.25) is 0 Å². The molecule has 0 radical (unpaired) electrons. The third-order valence-corrected chi connectivity index (χ3v) is 1.02. The molecule has 0 saturated heterocycles. The van der Waals surface area contributed by atoms with Gasteiger partial charge >= 0.3 is 5.97 Å². The molecular weight excluding hydrogens is 160 g/mol. The Morgan fingerprint density at radius 2 is 2.08 bits per heavy atom. The van der Waals surface area contributed by atoms with Gasteiger partial charge in [-0.15, -0.1) is 0 Å². The number of nitrogens with one attached hydrogen (secondary N) is 2. The number of amides is 1. The number of hydrogen-bond donors (Lipinski definition) is 2. The fourth-order valence-electron chi connectivity index (χ4n) is 0.585. The van der Waals surface area contributed by atoms with E-state index in [-0.39, 0.29) is 18.3 Å². The molecule has 0 unspecified atom stereocenters. The van der Waals surface area contributed by atoms with Gasteiger partial charge in [0.15, 0.2) is 0 Å². The first-order valence-electron chi connectivity index (χ1n) is 3.82. The van der Waals surface area contributed by atoms with E-state index in [4.69, 9.17) is 0 Å². The number of ether oxygens (including phenoxy) is 1. The zero-order chi connectivity index (χ0) is 9.40. The first-order chi connectivity index (χ1) is 5.66. The van der Waals surface area contributed by atoms with Crippen LogP contribution in [0.15, 0.2) is 0 Å². The van der Waals surface area contributed by atoms with Gasteiger partial charge in [0.05, 0.1) is 13.0 Å². The number of hydrazine groups is 1. The van der Waals surface area contributed by atoms with Crippen LogP contribution in [-0.4, -0.2) is 25.0 Å². The van der Waals surface area contributed by atoms with E-state index >= 15 is 0 Å². The van der Waals surface area contributed by atoms with Gasteiger partial charge in [-0.1, -0.05) is 0 Å². The van der Waals surface area contributed by atoms with E-state index in [0.717, 1.165) is 0 Å². The van der Waals surface area contributed by atoms with E-state index in [9.17, 15) is 9.59 Å². The van der Waals surface area contributed by atoms with Crippen LogP contribution in [0.5, 0.6) is 0 Å². The SMILES string of the molecule is CCOC(=O)CCNNC(C)=O. The lowest BCUT2D eigenvalue weighted by Crippen LogP contribution is -2.37. The summed E-state index contributed by atoms with van der Waals surface area (Å²) in [6, 6.07) is 0. The largest absolute Gasteiger partial charge is 0.466 e. The quantitative estimate of drug-likeness (QED) is 0.337. The monoisotopic (exact) mass is 174 g/mol. The van der Waals surface area contributed by atoms with Gasteiger partial charge in [0.2, 0.25) is 5.91 Å². The van der Waals surface area contributed by atoms with Gasteiger partial charge in [-0.05, 0) is 6.92 Å². The molecule has 0 bridgehead atoms. The van der Waals surface area contributed by atoms with Crippen molar-refractivity contribution in [3.63, 3.8) is 0 Å². The zero-order valence-corrected chi connectivity index (χ0v) is 7.35.